The van der Waals surface area contributed by atoms with Crippen molar-refractivity contribution in [3.05, 3.63) is 42.0 Å². The van der Waals surface area contributed by atoms with Gasteiger partial charge in [0.2, 0.25) is 17.7 Å². The van der Waals surface area contributed by atoms with Gasteiger partial charge in [-0.25, -0.2) is 0 Å². The number of nitrogens with one attached hydrogen (secondary N) is 2. The van der Waals surface area contributed by atoms with Crippen molar-refractivity contribution in [2.45, 2.75) is 90.0 Å². The van der Waals surface area contributed by atoms with E-state index in [1.165, 1.54) is 12.0 Å². The summed E-state index contributed by atoms with van der Waals surface area (Å²) in [5.41, 5.74) is 0.786. The number of hydrogen-bond donors (Lipinski definition) is 2. The van der Waals surface area contributed by atoms with Crippen LogP contribution in [-0.2, 0) is 19.1 Å². The number of carbonyl (C=O) groups excluding carboxylic acids is 3. The summed E-state index contributed by atoms with van der Waals surface area (Å²) in [5, 5.41) is 6.30. The summed E-state index contributed by atoms with van der Waals surface area (Å²) in [6.07, 6.45) is 7.17. The fraction of sp³-hybridized carbons (Fsp3) is 0.633. The molecule has 1 saturated carbocycles. The molecule has 8 atom stereocenters. The maximum Gasteiger partial charge on any atom is 0.246 e. The van der Waals surface area contributed by atoms with Crippen molar-refractivity contribution in [2.75, 3.05) is 11.9 Å². The SMILES string of the molecule is CCCN1C(=O)[C@@H]2[C@H](C(=O)Nc3ccc(C(C)C)cc3)[C@@H]3C=C[C@@]2(O3)[C@@H]1C(=O)N[C@@H]1CCC[C@@H](C)[C@H]1C. The molecule has 2 bridgehead atoms. The average Bonchev–Trinajstić information content (AvgIpc) is 3.50. The van der Waals surface area contributed by atoms with Gasteiger partial charge in [-0.3, -0.25) is 14.4 Å². The first-order valence-corrected chi connectivity index (χ1v) is 14.1. The molecule has 0 aromatic heterocycles. The standard InChI is InChI=1S/C30H41N3O4/c1-6-16-33-26(28(35)32-22-9-7-8-18(4)19(22)5)30-15-14-23(37-30)24(25(30)29(33)36)27(34)31-21-12-10-20(11-13-21)17(2)3/h10-15,17-19,22-26H,6-9,16H2,1-5H3,(H,31,34)(H,32,35)/t18-,19-,22-,23+,24-,25+,26+,30+/m1/s1. The average molecular weight is 508 g/mol. The molecule has 1 aromatic carbocycles. The fourth-order valence-electron chi connectivity index (χ4n) is 6.97. The molecule has 3 heterocycles. The van der Waals surface area contributed by atoms with Crippen molar-refractivity contribution in [1.82, 2.24) is 10.2 Å². The highest BCUT2D eigenvalue weighted by Gasteiger charge is 2.72. The van der Waals surface area contributed by atoms with E-state index in [9.17, 15) is 14.4 Å². The Balaban J connectivity index is 1.39. The quantitative estimate of drug-likeness (QED) is 0.540. The Hall–Kier alpha value is -2.67. The van der Waals surface area contributed by atoms with E-state index < -0.39 is 29.6 Å². The molecule has 3 fully saturated rings. The minimum Gasteiger partial charge on any atom is -0.359 e. The van der Waals surface area contributed by atoms with E-state index in [0.29, 0.717) is 30.0 Å². The Morgan fingerprint density at radius 3 is 2.54 bits per heavy atom. The van der Waals surface area contributed by atoms with Crippen molar-refractivity contribution in [1.29, 1.82) is 0 Å². The number of likely N-dealkylation sites (tertiary alicyclic amines) is 1. The zero-order chi connectivity index (χ0) is 26.5. The molecule has 1 spiro atoms. The largest absolute Gasteiger partial charge is 0.359 e. The van der Waals surface area contributed by atoms with Crippen LogP contribution >= 0.6 is 0 Å². The van der Waals surface area contributed by atoms with Gasteiger partial charge in [0.1, 0.15) is 11.6 Å². The van der Waals surface area contributed by atoms with Crippen LogP contribution in [0.4, 0.5) is 5.69 Å². The molecule has 7 nitrogen and oxygen atoms in total. The Morgan fingerprint density at radius 2 is 1.86 bits per heavy atom. The van der Waals surface area contributed by atoms with Crippen LogP contribution in [0.25, 0.3) is 0 Å². The highest BCUT2D eigenvalue weighted by molar-refractivity contribution is 6.02. The molecular formula is C30H41N3O4. The summed E-state index contributed by atoms with van der Waals surface area (Å²) in [4.78, 5) is 42.9. The maximum absolute atomic E-state index is 13.9. The number of amides is 3. The molecule has 0 radical (unpaired) electrons. The molecule has 0 unspecified atom stereocenters. The van der Waals surface area contributed by atoms with Crippen LogP contribution in [0.3, 0.4) is 0 Å². The summed E-state index contributed by atoms with van der Waals surface area (Å²) in [5.74, 6) is -0.616. The second-order valence-corrected chi connectivity index (χ2v) is 11.9. The molecule has 3 aliphatic heterocycles. The Bertz CT molecular complexity index is 1080. The van der Waals surface area contributed by atoms with Gasteiger partial charge in [-0.15, -0.1) is 0 Å². The van der Waals surface area contributed by atoms with E-state index in [1.807, 2.05) is 43.3 Å². The molecule has 200 valence electrons. The molecule has 3 amide bonds. The maximum atomic E-state index is 13.9. The second-order valence-electron chi connectivity index (χ2n) is 11.9. The van der Waals surface area contributed by atoms with E-state index in [1.54, 1.807) is 4.90 Å². The van der Waals surface area contributed by atoms with Crippen LogP contribution in [0.15, 0.2) is 36.4 Å². The topological polar surface area (TPSA) is 87.7 Å². The van der Waals surface area contributed by atoms with Crippen LogP contribution < -0.4 is 10.6 Å². The summed E-state index contributed by atoms with van der Waals surface area (Å²) in [7, 11) is 0. The predicted octanol–water partition coefficient (Wildman–Crippen LogP) is 4.25. The van der Waals surface area contributed by atoms with Gasteiger partial charge >= 0.3 is 0 Å². The lowest BCUT2D eigenvalue weighted by Crippen LogP contribution is -2.57. The summed E-state index contributed by atoms with van der Waals surface area (Å²) >= 11 is 0. The molecule has 4 aliphatic rings. The number of anilines is 1. The Kier molecular flexibility index (Phi) is 6.94. The van der Waals surface area contributed by atoms with Gasteiger partial charge in [-0.05, 0) is 48.3 Å². The molecule has 2 saturated heterocycles. The van der Waals surface area contributed by atoms with Crippen LogP contribution in [0, 0.1) is 23.7 Å². The van der Waals surface area contributed by atoms with Crippen LogP contribution in [0.1, 0.15) is 71.8 Å². The number of nitrogens with zero attached hydrogens (tertiary/aromatic N) is 1. The third-order valence-electron chi connectivity index (χ3n) is 9.27. The van der Waals surface area contributed by atoms with Crippen molar-refractivity contribution < 1.29 is 19.1 Å². The summed E-state index contributed by atoms with van der Waals surface area (Å²) in [6.45, 7) is 11.1. The van der Waals surface area contributed by atoms with Gasteiger partial charge in [-0.1, -0.05) is 71.7 Å². The number of hydrogen-bond acceptors (Lipinski definition) is 4. The molecule has 1 aliphatic carbocycles. The van der Waals surface area contributed by atoms with Gasteiger partial charge in [-0.2, -0.15) is 0 Å². The monoisotopic (exact) mass is 507 g/mol. The highest BCUT2D eigenvalue weighted by atomic mass is 16.5. The van der Waals surface area contributed by atoms with Gasteiger partial charge in [0.25, 0.3) is 0 Å². The predicted molar refractivity (Wildman–Crippen MR) is 143 cm³/mol. The minimum absolute atomic E-state index is 0.0840. The fourth-order valence-corrected chi connectivity index (χ4v) is 6.97. The lowest BCUT2D eigenvalue weighted by atomic mass is 9.73. The van der Waals surface area contributed by atoms with E-state index in [4.69, 9.17) is 4.74 Å². The summed E-state index contributed by atoms with van der Waals surface area (Å²) in [6, 6.07) is 7.14. The third kappa shape index (κ3) is 4.29. The Labute approximate surface area is 220 Å². The van der Waals surface area contributed by atoms with Crippen molar-refractivity contribution in [2.24, 2.45) is 23.7 Å². The van der Waals surface area contributed by atoms with Crippen LogP contribution in [0.5, 0.6) is 0 Å². The van der Waals surface area contributed by atoms with E-state index in [-0.39, 0.29) is 23.8 Å². The molecular weight excluding hydrogens is 466 g/mol. The second kappa shape index (κ2) is 9.90. The van der Waals surface area contributed by atoms with Gasteiger partial charge in [0.05, 0.1) is 17.9 Å². The van der Waals surface area contributed by atoms with E-state index >= 15 is 0 Å². The van der Waals surface area contributed by atoms with Crippen molar-refractivity contribution in [3.63, 3.8) is 0 Å². The van der Waals surface area contributed by atoms with Crippen molar-refractivity contribution in [3.8, 4) is 0 Å². The molecule has 1 aromatic rings. The normalized spacial score (nSPS) is 36.2. The van der Waals surface area contributed by atoms with Crippen LogP contribution in [0.2, 0.25) is 0 Å². The number of rotatable bonds is 7. The Morgan fingerprint density at radius 1 is 1.14 bits per heavy atom. The number of benzene rings is 1. The lowest BCUT2D eigenvalue weighted by molar-refractivity contribution is -0.141. The highest BCUT2D eigenvalue weighted by Crippen LogP contribution is 2.55. The minimum atomic E-state index is -1.10. The first kappa shape index (κ1) is 26.0. The van der Waals surface area contributed by atoms with Crippen molar-refractivity contribution >= 4 is 23.4 Å². The summed E-state index contributed by atoms with van der Waals surface area (Å²) < 4.78 is 6.43. The molecule has 2 N–H and O–H groups in total. The number of fused-ring (bicyclic) bond motifs is 1. The number of ether oxygens (including phenoxy) is 1. The third-order valence-corrected chi connectivity index (χ3v) is 9.27. The molecule has 5 rings (SSSR count). The van der Waals surface area contributed by atoms with Gasteiger partial charge in [0.15, 0.2) is 0 Å². The first-order chi connectivity index (χ1) is 17.7. The molecule has 7 heteroatoms. The van der Waals surface area contributed by atoms with Gasteiger partial charge in [0, 0.05) is 18.3 Å². The first-order valence-electron chi connectivity index (χ1n) is 14.1. The zero-order valence-electron chi connectivity index (χ0n) is 22.7. The number of carbonyl (C=O) groups is 3. The van der Waals surface area contributed by atoms with Crippen LogP contribution in [-0.4, -0.2) is 53.0 Å². The van der Waals surface area contributed by atoms with E-state index in [0.717, 1.165) is 19.3 Å². The smallest absolute Gasteiger partial charge is 0.246 e. The zero-order valence-corrected chi connectivity index (χ0v) is 22.7. The lowest BCUT2D eigenvalue weighted by Gasteiger charge is -2.38. The van der Waals surface area contributed by atoms with E-state index in [2.05, 4.69) is 38.3 Å². The van der Waals surface area contributed by atoms with Gasteiger partial charge < -0.3 is 20.3 Å². The molecule has 37 heavy (non-hydrogen) atoms.